The minimum atomic E-state index is 0.678. The minimum Gasteiger partial charge on any atom is -0.493 e. The third-order valence-corrected chi connectivity index (χ3v) is 5.21. The zero-order valence-corrected chi connectivity index (χ0v) is 13.2. The molecular weight excluding hydrogens is 258 g/mol. The Hall–Kier alpha value is -1.02. The van der Waals surface area contributed by atoms with Crippen molar-refractivity contribution in [3.05, 3.63) is 29.8 Å². The number of piperidine rings is 1. The monoisotopic (exact) mass is 287 g/mol. The lowest BCUT2D eigenvalue weighted by atomic mass is 9.87. The maximum atomic E-state index is 6.17. The highest BCUT2D eigenvalue weighted by Crippen LogP contribution is 2.33. The zero-order valence-electron chi connectivity index (χ0n) is 13.2. The molecule has 0 unspecified atom stereocenters. The van der Waals surface area contributed by atoms with Gasteiger partial charge in [-0.1, -0.05) is 50.3 Å². The molecule has 0 radical (unpaired) electrons. The van der Waals surface area contributed by atoms with Crippen LogP contribution < -0.4 is 10.1 Å². The molecule has 1 aliphatic carbocycles. The van der Waals surface area contributed by atoms with Gasteiger partial charge in [-0.05, 0) is 55.8 Å². The van der Waals surface area contributed by atoms with E-state index in [9.17, 15) is 0 Å². The number of nitrogens with one attached hydrogen (secondary N) is 1. The zero-order chi connectivity index (χ0) is 14.3. The van der Waals surface area contributed by atoms with Crippen molar-refractivity contribution in [1.29, 1.82) is 0 Å². The van der Waals surface area contributed by atoms with Crippen LogP contribution in [0.1, 0.15) is 62.8 Å². The molecule has 1 aromatic carbocycles. The van der Waals surface area contributed by atoms with Gasteiger partial charge >= 0.3 is 0 Å². The van der Waals surface area contributed by atoms with E-state index in [0.717, 1.165) is 31.4 Å². The van der Waals surface area contributed by atoms with Gasteiger partial charge in [0.2, 0.25) is 0 Å². The van der Waals surface area contributed by atoms with Gasteiger partial charge in [0.1, 0.15) is 5.75 Å². The molecule has 116 valence electrons. The molecular formula is C19H29NO. The van der Waals surface area contributed by atoms with Crippen LogP contribution in [0.25, 0.3) is 0 Å². The van der Waals surface area contributed by atoms with Gasteiger partial charge < -0.3 is 10.1 Å². The van der Waals surface area contributed by atoms with Crippen molar-refractivity contribution in [3.8, 4) is 5.75 Å². The molecule has 2 nitrogen and oxygen atoms in total. The second-order valence-electron chi connectivity index (χ2n) is 6.70. The second-order valence-corrected chi connectivity index (χ2v) is 6.70. The second kappa shape index (κ2) is 7.84. The fourth-order valence-corrected chi connectivity index (χ4v) is 3.89. The summed E-state index contributed by atoms with van der Waals surface area (Å²) in [6.45, 7) is 3.18. The third-order valence-electron chi connectivity index (χ3n) is 5.21. The fourth-order valence-electron chi connectivity index (χ4n) is 3.89. The summed E-state index contributed by atoms with van der Waals surface area (Å²) in [6.07, 6.45) is 10.8. The van der Waals surface area contributed by atoms with Gasteiger partial charge in [0.25, 0.3) is 0 Å². The molecule has 0 spiro atoms. The Kier molecular flexibility index (Phi) is 5.56. The number of ether oxygens (including phenoxy) is 1. The van der Waals surface area contributed by atoms with Crippen molar-refractivity contribution in [1.82, 2.24) is 5.32 Å². The first kappa shape index (κ1) is 14.9. The Labute approximate surface area is 129 Å². The van der Waals surface area contributed by atoms with Crippen molar-refractivity contribution in [3.63, 3.8) is 0 Å². The van der Waals surface area contributed by atoms with Crippen LogP contribution in [0.4, 0.5) is 0 Å². The number of hydrogen-bond acceptors (Lipinski definition) is 2. The van der Waals surface area contributed by atoms with Crippen molar-refractivity contribution >= 4 is 0 Å². The number of benzene rings is 1. The van der Waals surface area contributed by atoms with Crippen LogP contribution in [0.2, 0.25) is 0 Å². The van der Waals surface area contributed by atoms with Crippen LogP contribution >= 0.6 is 0 Å². The number of para-hydroxylation sites is 1. The molecule has 3 rings (SSSR count). The SMILES string of the molecule is c1ccc(C2CCNCC2)c(OCCC2CCCCC2)c1. The summed E-state index contributed by atoms with van der Waals surface area (Å²) in [5.74, 6) is 2.72. The van der Waals surface area contributed by atoms with Crippen LogP contribution in [0.5, 0.6) is 5.75 Å². The molecule has 1 aromatic rings. The molecule has 0 bridgehead atoms. The molecule has 0 amide bonds. The van der Waals surface area contributed by atoms with Crippen LogP contribution in [-0.4, -0.2) is 19.7 Å². The van der Waals surface area contributed by atoms with Crippen LogP contribution in [0.3, 0.4) is 0 Å². The largest absolute Gasteiger partial charge is 0.493 e. The lowest BCUT2D eigenvalue weighted by Crippen LogP contribution is -2.26. The van der Waals surface area contributed by atoms with E-state index in [4.69, 9.17) is 4.74 Å². The summed E-state index contributed by atoms with van der Waals surface area (Å²) in [5.41, 5.74) is 1.43. The highest BCUT2D eigenvalue weighted by Gasteiger charge is 2.19. The molecule has 0 atom stereocenters. The van der Waals surface area contributed by atoms with Crippen LogP contribution in [-0.2, 0) is 0 Å². The van der Waals surface area contributed by atoms with Crippen molar-refractivity contribution in [2.45, 2.75) is 57.3 Å². The van der Waals surface area contributed by atoms with E-state index in [1.807, 2.05) is 0 Å². The Morgan fingerprint density at radius 1 is 0.952 bits per heavy atom. The van der Waals surface area contributed by atoms with Gasteiger partial charge in [0.05, 0.1) is 6.61 Å². The molecule has 2 fully saturated rings. The van der Waals surface area contributed by atoms with Gasteiger partial charge in [0.15, 0.2) is 0 Å². The summed E-state index contributed by atoms with van der Waals surface area (Å²) < 4.78 is 6.17. The average molecular weight is 287 g/mol. The van der Waals surface area contributed by atoms with E-state index in [1.54, 1.807) is 0 Å². The smallest absolute Gasteiger partial charge is 0.122 e. The van der Waals surface area contributed by atoms with Crippen LogP contribution in [0.15, 0.2) is 24.3 Å². The Morgan fingerprint density at radius 3 is 2.52 bits per heavy atom. The normalized spacial score (nSPS) is 21.3. The van der Waals surface area contributed by atoms with E-state index < -0.39 is 0 Å². The summed E-state index contributed by atoms with van der Waals surface area (Å²) in [5, 5.41) is 3.45. The molecule has 1 saturated carbocycles. The predicted molar refractivity (Wildman–Crippen MR) is 88.0 cm³/mol. The summed E-state index contributed by atoms with van der Waals surface area (Å²) in [4.78, 5) is 0. The minimum absolute atomic E-state index is 0.678. The Morgan fingerprint density at radius 2 is 1.71 bits per heavy atom. The van der Waals surface area contributed by atoms with E-state index in [2.05, 4.69) is 29.6 Å². The van der Waals surface area contributed by atoms with E-state index in [-0.39, 0.29) is 0 Å². The average Bonchev–Trinajstić information content (AvgIpc) is 2.57. The Balaban J connectivity index is 1.54. The van der Waals surface area contributed by atoms with E-state index in [1.165, 1.54) is 56.9 Å². The molecule has 2 heteroatoms. The topological polar surface area (TPSA) is 21.3 Å². The molecule has 0 aromatic heterocycles. The predicted octanol–water partition coefficient (Wildman–Crippen LogP) is 4.50. The van der Waals surface area contributed by atoms with Gasteiger partial charge in [-0.3, -0.25) is 0 Å². The van der Waals surface area contributed by atoms with Crippen molar-refractivity contribution in [2.24, 2.45) is 5.92 Å². The van der Waals surface area contributed by atoms with E-state index in [0.29, 0.717) is 5.92 Å². The lowest BCUT2D eigenvalue weighted by molar-refractivity contribution is 0.243. The molecule has 21 heavy (non-hydrogen) atoms. The maximum Gasteiger partial charge on any atom is 0.122 e. The first-order chi connectivity index (χ1) is 10.4. The highest BCUT2D eigenvalue weighted by molar-refractivity contribution is 5.36. The van der Waals surface area contributed by atoms with Gasteiger partial charge in [-0.15, -0.1) is 0 Å². The Bertz CT molecular complexity index is 419. The number of hydrogen-bond donors (Lipinski definition) is 1. The maximum absolute atomic E-state index is 6.17. The summed E-state index contributed by atoms with van der Waals surface area (Å²) in [7, 11) is 0. The van der Waals surface area contributed by atoms with Gasteiger partial charge in [-0.2, -0.15) is 0 Å². The quantitative estimate of drug-likeness (QED) is 0.860. The van der Waals surface area contributed by atoms with Crippen molar-refractivity contribution < 1.29 is 4.74 Å². The molecule has 1 aliphatic heterocycles. The molecule has 1 saturated heterocycles. The number of rotatable bonds is 5. The standard InChI is InChI=1S/C19H29NO/c1-2-6-16(7-3-1)12-15-21-19-9-5-4-8-18(19)17-10-13-20-14-11-17/h4-5,8-9,16-17,20H,1-3,6-7,10-15H2. The third kappa shape index (κ3) is 4.23. The molecule has 1 N–H and O–H groups in total. The van der Waals surface area contributed by atoms with Gasteiger partial charge in [-0.25, -0.2) is 0 Å². The molecule has 2 aliphatic rings. The molecule has 1 heterocycles. The van der Waals surface area contributed by atoms with Gasteiger partial charge in [0, 0.05) is 0 Å². The summed E-state index contributed by atoms with van der Waals surface area (Å²) >= 11 is 0. The lowest BCUT2D eigenvalue weighted by Gasteiger charge is -2.25. The van der Waals surface area contributed by atoms with E-state index >= 15 is 0 Å². The fraction of sp³-hybridized carbons (Fsp3) is 0.684. The summed E-state index contributed by atoms with van der Waals surface area (Å²) in [6, 6.07) is 8.70. The first-order valence-corrected chi connectivity index (χ1v) is 8.86. The van der Waals surface area contributed by atoms with Crippen molar-refractivity contribution in [2.75, 3.05) is 19.7 Å². The first-order valence-electron chi connectivity index (χ1n) is 8.86. The van der Waals surface area contributed by atoms with Crippen LogP contribution in [0, 0.1) is 5.92 Å². The highest BCUT2D eigenvalue weighted by atomic mass is 16.5.